The van der Waals surface area contributed by atoms with Crippen LogP contribution in [0, 0.1) is 11.3 Å². The maximum Gasteiger partial charge on any atom is 0.338 e. The fourth-order valence-electron chi connectivity index (χ4n) is 2.55. The fourth-order valence-corrected chi connectivity index (χ4v) is 3.74. The van der Waals surface area contributed by atoms with Crippen molar-refractivity contribution in [1.29, 1.82) is 5.26 Å². The normalized spacial score (nSPS) is 18.2. The van der Waals surface area contributed by atoms with Crippen molar-refractivity contribution in [2.75, 3.05) is 6.61 Å². The van der Waals surface area contributed by atoms with E-state index in [9.17, 15) is 10.1 Å². The van der Waals surface area contributed by atoms with E-state index in [2.05, 4.69) is 26.8 Å². The second-order valence-corrected chi connectivity index (χ2v) is 7.68. The Morgan fingerprint density at radius 2 is 2.12 bits per heavy atom. The molecule has 0 aromatic carbocycles. The van der Waals surface area contributed by atoms with Gasteiger partial charge in [0.05, 0.1) is 18.1 Å². The Morgan fingerprint density at radius 1 is 1.46 bits per heavy atom. The number of hydrogen-bond donors (Lipinski definition) is 1. The summed E-state index contributed by atoms with van der Waals surface area (Å²) in [4.78, 5) is 14.5. The number of nitriles is 1. The van der Waals surface area contributed by atoms with Gasteiger partial charge in [-0.15, -0.1) is 11.3 Å². The molecular weight excluding hydrogens is 324 g/mol. The second kappa shape index (κ2) is 6.70. The molecule has 2 heterocycles. The summed E-state index contributed by atoms with van der Waals surface area (Å²) >= 11 is 1.57. The van der Waals surface area contributed by atoms with E-state index in [4.69, 9.17) is 15.2 Å². The number of carbonyl (C=O) groups is 1. The molecule has 2 rings (SSSR count). The number of hydrogen-bond acceptors (Lipinski definition) is 6. The monoisotopic (exact) mass is 346 g/mol. The number of nitrogens with zero attached hydrogens (tertiary/aromatic N) is 1. The Morgan fingerprint density at radius 3 is 2.62 bits per heavy atom. The van der Waals surface area contributed by atoms with Gasteiger partial charge in [-0.05, 0) is 31.4 Å². The van der Waals surface area contributed by atoms with Gasteiger partial charge in [0.1, 0.15) is 17.4 Å². The van der Waals surface area contributed by atoms with E-state index >= 15 is 0 Å². The second-order valence-electron chi connectivity index (χ2n) is 6.57. The summed E-state index contributed by atoms with van der Waals surface area (Å²) in [7, 11) is 0. The van der Waals surface area contributed by atoms with Crippen molar-refractivity contribution in [2.24, 2.45) is 5.73 Å². The van der Waals surface area contributed by atoms with Crippen molar-refractivity contribution in [1.82, 2.24) is 0 Å². The Bertz CT molecular complexity index is 760. The molecule has 6 heteroatoms. The molecule has 0 spiro atoms. The lowest BCUT2D eigenvalue weighted by Gasteiger charge is -2.26. The summed E-state index contributed by atoms with van der Waals surface area (Å²) in [5, 5.41) is 9.54. The van der Waals surface area contributed by atoms with Gasteiger partial charge in [0.2, 0.25) is 5.88 Å². The molecule has 1 aromatic heterocycles. The molecule has 24 heavy (non-hydrogen) atoms. The summed E-state index contributed by atoms with van der Waals surface area (Å²) in [6.07, 6.45) is 0. The molecule has 0 bridgehead atoms. The maximum atomic E-state index is 12.4. The van der Waals surface area contributed by atoms with Gasteiger partial charge >= 0.3 is 5.97 Å². The SMILES string of the molecule is CCOC(=O)C1=C(C)OC(N)=C(C#N)[C@H]1c1ccc(C(C)(C)C)s1. The number of allylic oxidation sites excluding steroid dienone is 2. The molecule has 0 saturated heterocycles. The Labute approximate surface area is 146 Å². The first-order chi connectivity index (χ1) is 11.2. The van der Waals surface area contributed by atoms with Crippen LogP contribution in [0.2, 0.25) is 0 Å². The zero-order valence-electron chi connectivity index (χ0n) is 14.6. The zero-order chi connectivity index (χ0) is 18.1. The van der Waals surface area contributed by atoms with Gasteiger partial charge in [0, 0.05) is 9.75 Å². The van der Waals surface area contributed by atoms with Crippen LogP contribution in [0.5, 0.6) is 0 Å². The molecule has 0 saturated carbocycles. The first kappa shape index (κ1) is 18.1. The standard InChI is InChI=1S/C18H22N2O3S/c1-6-22-17(21)14-10(2)23-16(20)11(9-19)15(14)12-7-8-13(24-12)18(3,4)5/h7-8,15H,6,20H2,1-5H3/t15-/m0/s1. The number of thiophene rings is 1. The highest BCUT2D eigenvalue weighted by atomic mass is 32.1. The first-order valence-electron chi connectivity index (χ1n) is 7.76. The van der Waals surface area contributed by atoms with Crippen molar-refractivity contribution in [2.45, 2.75) is 46.0 Å². The lowest BCUT2D eigenvalue weighted by Crippen LogP contribution is -2.25. The van der Waals surface area contributed by atoms with Gasteiger partial charge in [0.25, 0.3) is 0 Å². The summed E-state index contributed by atoms with van der Waals surface area (Å²) in [5.74, 6) is -0.616. The largest absolute Gasteiger partial charge is 0.463 e. The predicted molar refractivity (Wildman–Crippen MR) is 93.0 cm³/mol. The molecule has 0 amide bonds. The molecule has 1 aromatic rings. The van der Waals surface area contributed by atoms with E-state index in [1.165, 1.54) is 4.88 Å². The minimum Gasteiger partial charge on any atom is -0.463 e. The molecule has 1 atom stereocenters. The smallest absolute Gasteiger partial charge is 0.338 e. The molecule has 0 unspecified atom stereocenters. The minimum absolute atomic E-state index is 0.0149. The van der Waals surface area contributed by atoms with Crippen molar-refractivity contribution in [3.8, 4) is 6.07 Å². The third-order valence-corrected chi connectivity index (χ3v) is 5.33. The number of ether oxygens (including phenoxy) is 2. The molecule has 0 fully saturated rings. The molecule has 0 radical (unpaired) electrons. The number of nitrogens with two attached hydrogens (primary N) is 1. The van der Waals surface area contributed by atoms with Crippen LogP contribution in [-0.2, 0) is 19.7 Å². The topological polar surface area (TPSA) is 85.3 Å². The predicted octanol–water partition coefficient (Wildman–Crippen LogP) is 3.69. The fraction of sp³-hybridized carbons (Fsp3) is 0.444. The van der Waals surface area contributed by atoms with Gasteiger partial charge < -0.3 is 15.2 Å². The van der Waals surface area contributed by atoms with Crippen LogP contribution in [-0.4, -0.2) is 12.6 Å². The zero-order valence-corrected chi connectivity index (χ0v) is 15.4. The maximum absolute atomic E-state index is 12.4. The van der Waals surface area contributed by atoms with E-state index in [0.29, 0.717) is 11.3 Å². The molecule has 1 aliphatic rings. The third-order valence-electron chi connectivity index (χ3n) is 3.75. The molecule has 1 aliphatic heterocycles. The van der Waals surface area contributed by atoms with Crippen molar-refractivity contribution >= 4 is 17.3 Å². The van der Waals surface area contributed by atoms with Crippen molar-refractivity contribution in [3.05, 3.63) is 44.7 Å². The molecule has 128 valence electrons. The van der Waals surface area contributed by atoms with E-state index < -0.39 is 11.9 Å². The van der Waals surface area contributed by atoms with Crippen LogP contribution in [0.15, 0.2) is 34.9 Å². The quantitative estimate of drug-likeness (QED) is 0.844. The van der Waals surface area contributed by atoms with Crippen LogP contribution >= 0.6 is 11.3 Å². The Balaban J connectivity index is 2.58. The van der Waals surface area contributed by atoms with Crippen LogP contribution in [0.1, 0.15) is 50.3 Å². The average Bonchev–Trinajstić information content (AvgIpc) is 2.96. The average molecular weight is 346 g/mol. The lowest BCUT2D eigenvalue weighted by atomic mass is 9.87. The van der Waals surface area contributed by atoms with E-state index in [1.54, 1.807) is 25.2 Å². The third kappa shape index (κ3) is 3.31. The highest BCUT2D eigenvalue weighted by Crippen LogP contribution is 2.43. The number of esters is 1. The van der Waals surface area contributed by atoms with Gasteiger partial charge in [-0.2, -0.15) is 5.26 Å². The van der Waals surface area contributed by atoms with Crippen LogP contribution < -0.4 is 5.73 Å². The highest BCUT2D eigenvalue weighted by Gasteiger charge is 2.37. The Kier molecular flexibility index (Phi) is 5.05. The molecule has 0 aliphatic carbocycles. The Hall–Kier alpha value is -2.26. The molecular formula is C18H22N2O3S. The summed E-state index contributed by atoms with van der Waals surface area (Å²) in [5.41, 5.74) is 6.45. The van der Waals surface area contributed by atoms with Gasteiger partial charge in [-0.25, -0.2) is 4.79 Å². The van der Waals surface area contributed by atoms with E-state index in [-0.39, 0.29) is 23.5 Å². The summed E-state index contributed by atoms with van der Waals surface area (Å²) < 4.78 is 10.6. The van der Waals surface area contributed by atoms with Crippen LogP contribution in [0.4, 0.5) is 0 Å². The minimum atomic E-state index is -0.552. The summed E-state index contributed by atoms with van der Waals surface area (Å²) in [6.45, 7) is 10.0. The first-order valence-corrected chi connectivity index (χ1v) is 8.58. The van der Waals surface area contributed by atoms with E-state index in [1.807, 2.05) is 12.1 Å². The van der Waals surface area contributed by atoms with E-state index in [0.717, 1.165) is 4.88 Å². The summed E-state index contributed by atoms with van der Waals surface area (Å²) in [6, 6.07) is 6.06. The van der Waals surface area contributed by atoms with Gasteiger partial charge in [0.15, 0.2) is 0 Å². The van der Waals surface area contributed by atoms with Crippen molar-refractivity contribution < 1.29 is 14.3 Å². The van der Waals surface area contributed by atoms with Crippen molar-refractivity contribution in [3.63, 3.8) is 0 Å². The highest BCUT2D eigenvalue weighted by molar-refractivity contribution is 7.12. The number of carbonyl (C=O) groups excluding carboxylic acids is 1. The van der Waals surface area contributed by atoms with Crippen LogP contribution in [0.3, 0.4) is 0 Å². The lowest BCUT2D eigenvalue weighted by molar-refractivity contribution is -0.139. The number of rotatable bonds is 3. The molecule has 5 nitrogen and oxygen atoms in total. The van der Waals surface area contributed by atoms with Gasteiger partial charge in [-0.1, -0.05) is 20.8 Å². The molecule has 2 N–H and O–H groups in total. The van der Waals surface area contributed by atoms with Gasteiger partial charge in [-0.3, -0.25) is 0 Å². The van der Waals surface area contributed by atoms with Crippen LogP contribution in [0.25, 0.3) is 0 Å².